The molecule has 2 atom stereocenters. The molecule has 0 spiro atoms. The fourth-order valence-corrected chi connectivity index (χ4v) is 3.78. The maximum absolute atomic E-state index is 6.11. The first-order valence-electron chi connectivity index (χ1n) is 10.3. The molecule has 1 aliphatic rings. The predicted molar refractivity (Wildman–Crippen MR) is 114 cm³/mol. The number of hydrogen-bond acceptors (Lipinski definition) is 4. The van der Waals surface area contributed by atoms with Gasteiger partial charge in [0.1, 0.15) is 6.54 Å². The Hall–Kier alpha value is -2.93. The first-order chi connectivity index (χ1) is 14.3. The van der Waals surface area contributed by atoms with Crippen molar-refractivity contribution in [3.8, 4) is 0 Å². The summed E-state index contributed by atoms with van der Waals surface area (Å²) in [5.41, 5.74) is 2.08. The van der Waals surface area contributed by atoms with Crippen molar-refractivity contribution in [1.29, 1.82) is 0 Å². The molecule has 152 valence electrons. The van der Waals surface area contributed by atoms with Crippen molar-refractivity contribution in [1.82, 2.24) is 25.2 Å². The van der Waals surface area contributed by atoms with Gasteiger partial charge in [-0.1, -0.05) is 36.4 Å². The third kappa shape index (κ3) is 4.74. The zero-order valence-electron chi connectivity index (χ0n) is 16.8. The summed E-state index contributed by atoms with van der Waals surface area (Å²) >= 11 is 0. The fourth-order valence-electron chi connectivity index (χ4n) is 3.78. The standard InChI is InChI=1S/C22H28N6O/c1-2-23-22(25-16-20-27-26-19-12-6-7-13-28(19)20)24-15-18-11-8-14-29-21(18)17-9-4-3-5-10-17/h3-7,9-10,12-13,18,21H,2,8,11,14-16H2,1H3,(H2,23,24,25). The van der Waals surface area contributed by atoms with E-state index >= 15 is 0 Å². The van der Waals surface area contributed by atoms with Crippen LogP contribution in [-0.2, 0) is 11.3 Å². The van der Waals surface area contributed by atoms with Crippen molar-refractivity contribution in [2.75, 3.05) is 19.7 Å². The number of nitrogens with zero attached hydrogens (tertiary/aromatic N) is 4. The third-order valence-corrected chi connectivity index (χ3v) is 5.21. The van der Waals surface area contributed by atoms with Crippen molar-refractivity contribution in [2.45, 2.75) is 32.4 Å². The van der Waals surface area contributed by atoms with Gasteiger partial charge >= 0.3 is 0 Å². The van der Waals surface area contributed by atoms with E-state index in [0.717, 1.165) is 50.0 Å². The molecule has 3 aromatic rings. The molecule has 7 nitrogen and oxygen atoms in total. The van der Waals surface area contributed by atoms with E-state index in [4.69, 9.17) is 9.73 Å². The largest absolute Gasteiger partial charge is 0.373 e. The molecule has 1 aromatic carbocycles. The van der Waals surface area contributed by atoms with Crippen molar-refractivity contribution in [3.05, 3.63) is 66.1 Å². The van der Waals surface area contributed by atoms with Crippen molar-refractivity contribution >= 4 is 11.6 Å². The molecule has 4 rings (SSSR count). The van der Waals surface area contributed by atoms with Gasteiger partial charge in [0.15, 0.2) is 17.4 Å². The van der Waals surface area contributed by atoms with Gasteiger partial charge < -0.3 is 15.4 Å². The number of nitrogens with one attached hydrogen (secondary N) is 2. The Morgan fingerprint density at radius 3 is 2.86 bits per heavy atom. The number of pyridine rings is 1. The molecule has 1 fully saturated rings. The summed E-state index contributed by atoms with van der Waals surface area (Å²) in [6.45, 7) is 4.97. The maximum atomic E-state index is 6.11. The van der Waals surface area contributed by atoms with E-state index in [0.29, 0.717) is 12.5 Å². The van der Waals surface area contributed by atoms with Crippen LogP contribution in [0.25, 0.3) is 5.65 Å². The molecular weight excluding hydrogens is 364 g/mol. The minimum Gasteiger partial charge on any atom is -0.373 e. The third-order valence-electron chi connectivity index (χ3n) is 5.21. The number of hydrogen-bond donors (Lipinski definition) is 2. The van der Waals surface area contributed by atoms with Gasteiger partial charge in [0.2, 0.25) is 0 Å². The van der Waals surface area contributed by atoms with Crippen LogP contribution in [0.1, 0.15) is 37.3 Å². The summed E-state index contributed by atoms with van der Waals surface area (Å²) in [6, 6.07) is 16.4. The van der Waals surface area contributed by atoms with Gasteiger partial charge in [0.05, 0.1) is 6.10 Å². The summed E-state index contributed by atoms with van der Waals surface area (Å²) < 4.78 is 8.08. The second-order valence-corrected chi connectivity index (χ2v) is 7.23. The van der Waals surface area contributed by atoms with Crippen LogP contribution in [-0.4, -0.2) is 40.3 Å². The first kappa shape index (κ1) is 19.4. The smallest absolute Gasteiger partial charge is 0.191 e. The van der Waals surface area contributed by atoms with E-state index < -0.39 is 0 Å². The van der Waals surface area contributed by atoms with Crippen molar-refractivity contribution < 1.29 is 4.74 Å². The number of guanidine groups is 1. The summed E-state index contributed by atoms with van der Waals surface area (Å²) in [7, 11) is 0. The van der Waals surface area contributed by atoms with Crippen LogP contribution in [0.4, 0.5) is 0 Å². The Bertz CT molecular complexity index is 939. The maximum Gasteiger partial charge on any atom is 0.191 e. The lowest BCUT2D eigenvalue weighted by atomic mass is 9.89. The molecule has 0 bridgehead atoms. The minimum atomic E-state index is 0.126. The van der Waals surface area contributed by atoms with E-state index in [2.05, 4.69) is 52.0 Å². The molecule has 0 radical (unpaired) electrons. The molecular formula is C22H28N6O. The number of benzene rings is 1. The van der Waals surface area contributed by atoms with Gasteiger partial charge in [-0.15, -0.1) is 10.2 Å². The van der Waals surface area contributed by atoms with E-state index in [1.54, 1.807) is 0 Å². The molecule has 0 amide bonds. The molecule has 2 aromatic heterocycles. The number of fused-ring (bicyclic) bond motifs is 1. The second-order valence-electron chi connectivity index (χ2n) is 7.23. The molecule has 1 aliphatic heterocycles. The van der Waals surface area contributed by atoms with Gasteiger partial charge in [-0.05, 0) is 37.5 Å². The predicted octanol–water partition coefficient (Wildman–Crippen LogP) is 2.95. The highest BCUT2D eigenvalue weighted by molar-refractivity contribution is 5.79. The Balaban J connectivity index is 1.43. The van der Waals surface area contributed by atoms with E-state index in [9.17, 15) is 0 Å². The highest BCUT2D eigenvalue weighted by Gasteiger charge is 2.27. The summed E-state index contributed by atoms with van der Waals surface area (Å²) in [4.78, 5) is 4.72. The van der Waals surface area contributed by atoms with Crippen LogP contribution in [0.5, 0.6) is 0 Å². The molecule has 3 heterocycles. The molecule has 0 saturated carbocycles. The zero-order chi connectivity index (χ0) is 19.9. The molecule has 2 unspecified atom stereocenters. The van der Waals surface area contributed by atoms with Crippen molar-refractivity contribution in [2.24, 2.45) is 10.9 Å². The highest BCUT2D eigenvalue weighted by atomic mass is 16.5. The first-order valence-corrected chi connectivity index (χ1v) is 10.3. The lowest BCUT2D eigenvalue weighted by Gasteiger charge is -2.32. The lowest BCUT2D eigenvalue weighted by molar-refractivity contribution is -0.0265. The van der Waals surface area contributed by atoms with Gasteiger partial charge in [-0.3, -0.25) is 4.40 Å². The number of aromatic nitrogens is 3. The van der Waals surface area contributed by atoms with Crippen LogP contribution in [0.3, 0.4) is 0 Å². The van der Waals surface area contributed by atoms with Gasteiger partial charge in [0.25, 0.3) is 0 Å². The average Bonchev–Trinajstić information content (AvgIpc) is 3.20. The monoisotopic (exact) mass is 392 g/mol. The normalized spacial score (nSPS) is 20.0. The van der Waals surface area contributed by atoms with E-state index in [-0.39, 0.29) is 6.10 Å². The topological polar surface area (TPSA) is 75.8 Å². The molecule has 1 saturated heterocycles. The van der Waals surface area contributed by atoms with E-state index in [1.165, 1.54) is 5.56 Å². The number of aliphatic imine (C=N–C) groups is 1. The zero-order valence-corrected chi connectivity index (χ0v) is 16.8. The quantitative estimate of drug-likeness (QED) is 0.498. The van der Waals surface area contributed by atoms with Crippen LogP contribution >= 0.6 is 0 Å². The summed E-state index contributed by atoms with van der Waals surface area (Å²) in [6.07, 6.45) is 4.32. The Labute approximate surface area is 171 Å². The highest BCUT2D eigenvalue weighted by Crippen LogP contribution is 2.33. The van der Waals surface area contributed by atoms with Crippen molar-refractivity contribution in [3.63, 3.8) is 0 Å². The molecule has 0 aliphatic carbocycles. The van der Waals surface area contributed by atoms with Gasteiger partial charge in [-0.2, -0.15) is 0 Å². The van der Waals surface area contributed by atoms with Crippen LogP contribution < -0.4 is 10.6 Å². The lowest BCUT2D eigenvalue weighted by Crippen LogP contribution is -2.42. The summed E-state index contributed by atoms with van der Waals surface area (Å²) in [5, 5.41) is 15.3. The number of ether oxygens (including phenoxy) is 1. The SMILES string of the molecule is CCNC(=NCc1nnc2ccccn12)NCC1CCCOC1c1ccccc1. The number of rotatable bonds is 6. The van der Waals surface area contributed by atoms with E-state index in [1.807, 2.05) is 34.9 Å². The Morgan fingerprint density at radius 1 is 1.14 bits per heavy atom. The Kier molecular flexibility index (Phi) is 6.36. The molecule has 7 heteroatoms. The fraction of sp³-hybridized carbons (Fsp3) is 0.409. The molecule has 2 N–H and O–H groups in total. The minimum absolute atomic E-state index is 0.126. The molecule has 29 heavy (non-hydrogen) atoms. The Morgan fingerprint density at radius 2 is 2.00 bits per heavy atom. The summed E-state index contributed by atoms with van der Waals surface area (Å²) in [5.74, 6) is 2.02. The van der Waals surface area contributed by atoms with Crippen LogP contribution in [0.2, 0.25) is 0 Å². The van der Waals surface area contributed by atoms with Crippen LogP contribution in [0, 0.1) is 5.92 Å². The average molecular weight is 393 g/mol. The second kappa shape index (κ2) is 9.52. The van der Waals surface area contributed by atoms with Gasteiger partial charge in [0, 0.05) is 31.8 Å². The van der Waals surface area contributed by atoms with Gasteiger partial charge in [-0.25, -0.2) is 4.99 Å². The van der Waals surface area contributed by atoms with Crippen LogP contribution in [0.15, 0.2) is 59.7 Å².